The van der Waals surface area contributed by atoms with E-state index in [-0.39, 0.29) is 12.5 Å². The lowest BCUT2D eigenvalue weighted by Crippen LogP contribution is -2.30. The predicted molar refractivity (Wildman–Crippen MR) is 151 cm³/mol. The molecule has 186 valence electrons. The minimum absolute atomic E-state index is 0.181. The summed E-state index contributed by atoms with van der Waals surface area (Å²) in [4.78, 5) is 28.3. The van der Waals surface area contributed by atoms with E-state index in [0.29, 0.717) is 21.8 Å². The van der Waals surface area contributed by atoms with Crippen LogP contribution in [-0.4, -0.2) is 31.1 Å². The van der Waals surface area contributed by atoms with Gasteiger partial charge in [0.05, 0.1) is 6.54 Å². The topological polar surface area (TPSA) is 60.9 Å². The van der Waals surface area contributed by atoms with Crippen LogP contribution in [0.15, 0.2) is 103 Å². The quantitative estimate of drug-likeness (QED) is 0.259. The van der Waals surface area contributed by atoms with Gasteiger partial charge in [-0.2, -0.15) is 0 Å². The van der Waals surface area contributed by atoms with E-state index in [1.54, 1.807) is 35.2 Å². The number of nitrogens with zero attached hydrogens (tertiary/aromatic N) is 2. The number of amides is 1. The smallest absolute Gasteiger partial charge is 0.328 e. The maximum absolute atomic E-state index is 13.6. The van der Waals surface area contributed by atoms with Gasteiger partial charge < -0.3 is 14.9 Å². The number of rotatable bonds is 8. The number of carbonyl (C=O) groups is 2. The van der Waals surface area contributed by atoms with Crippen LogP contribution in [-0.2, 0) is 11.3 Å². The lowest BCUT2D eigenvalue weighted by atomic mass is 10.0. The van der Waals surface area contributed by atoms with Crippen molar-refractivity contribution in [2.75, 3.05) is 23.9 Å². The van der Waals surface area contributed by atoms with Crippen LogP contribution < -0.4 is 9.80 Å². The predicted octanol–water partition coefficient (Wildman–Crippen LogP) is 7.02. The Morgan fingerprint density at radius 2 is 1.51 bits per heavy atom. The normalized spacial score (nSPS) is 10.9. The van der Waals surface area contributed by atoms with E-state index in [1.165, 1.54) is 6.08 Å². The highest BCUT2D eigenvalue weighted by molar-refractivity contribution is 6.31. The highest BCUT2D eigenvalue weighted by Gasteiger charge is 2.20. The summed E-state index contributed by atoms with van der Waals surface area (Å²) in [6.07, 6.45) is 2.57. The number of hydrogen-bond acceptors (Lipinski definition) is 3. The Kier molecular flexibility index (Phi) is 8.06. The van der Waals surface area contributed by atoms with Crippen molar-refractivity contribution >= 4 is 40.9 Å². The van der Waals surface area contributed by atoms with Crippen molar-refractivity contribution in [1.29, 1.82) is 0 Å². The number of hydrogen-bond donors (Lipinski definition) is 1. The Morgan fingerprint density at radius 1 is 0.811 bits per heavy atom. The molecule has 5 nitrogen and oxygen atoms in total. The Hall–Kier alpha value is -4.35. The van der Waals surface area contributed by atoms with Crippen molar-refractivity contribution in [3.05, 3.63) is 125 Å². The standard InChI is InChI=1S/C31H27ClN2O3/c1-33(2)27-16-14-23(15-17-27)25-12-13-26(29(32)20-25)21-34(31(37)24-8-4-3-5-9-24)28-10-6-7-22(19-28)11-18-30(35)36/h3-20H,21H2,1-2H3,(H,35,36). The summed E-state index contributed by atoms with van der Waals surface area (Å²) in [6.45, 7) is 0.249. The summed E-state index contributed by atoms with van der Waals surface area (Å²) in [5.74, 6) is -1.22. The molecule has 0 aliphatic rings. The average Bonchev–Trinajstić information content (AvgIpc) is 2.91. The summed E-state index contributed by atoms with van der Waals surface area (Å²) >= 11 is 6.74. The largest absolute Gasteiger partial charge is 0.478 e. The molecule has 37 heavy (non-hydrogen) atoms. The maximum atomic E-state index is 13.6. The molecule has 6 heteroatoms. The van der Waals surface area contributed by atoms with Crippen molar-refractivity contribution in [3.8, 4) is 11.1 Å². The number of carbonyl (C=O) groups excluding carboxylic acids is 1. The minimum Gasteiger partial charge on any atom is -0.478 e. The van der Waals surface area contributed by atoms with Gasteiger partial charge in [0.25, 0.3) is 5.91 Å². The molecule has 1 amide bonds. The molecule has 4 rings (SSSR count). The molecule has 0 fully saturated rings. The Morgan fingerprint density at radius 3 is 2.16 bits per heavy atom. The summed E-state index contributed by atoms with van der Waals surface area (Å²) < 4.78 is 0. The molecule has 1 N–H and O–H groups in total. The fourth-order valence-electron chi connectivity index (χ4n) is 3.96. The Labute approximate surface area is 221 Å². The van der Waals surface area contributed by atoms with Gasteiger partial charge in [-0.15, -0.1) is 0 Å². The van der Waals surface area contributed by atoms with Gasteiger partial charge in [0, 0.05) is 42.1 Å². The zero-order valence-electron chi connectivity index (χ0n) is 20.6. The van der Waals surface area contributed by atoms with Gasteiger partial charge in [-0.1, -0.05) is 66.2 Å². The third-order valence-corrected chi connectivity index (χ3v) is 6.32. The maximum Gasteiger partial charge on any atom is 0.328 e. The Bertz CT molecular complexity index is 1430. The van der Waals surface area contributed by atoms with Gasteiger partial charge in [0.1, 0.15) is 0 Å². The van der Waals surface area contributed by atoms with Gasteiger partial charge in [-0.3, -0.25) is 4.79 Å². The molecule has 0 heterocycles. The highest BCUT2D eigenvalue weighted by Crippen LogP contribution is 2.30. The van der Waals surface area contributed by atoms with Crippen LogP contribution in [0.3, 0.4) is 0 Å². The fourth-order valence-corrected chi connectivity index (χ4v) is 4.20. The molecular weight excluding hydrogens is 484 g/mol. The zero-order chi connectivity index (χ0) is 26.4. The summed E-state index contributed by atoms with van der Waals surface area (Å²) in [7, 11) is 4.00. The first-order valence-corrected chi connectivity index (χ1v) is 12.1. The number of aliphatic carboxylic acids is 1. The van der Waals surface area contributed by atoms with Crippen LogP contribution in [0.2, 0.25) is 5.02 Å². The number of carboxylic acids is 1. The van der Waals surface area contributed by atoms with E-state index in [9.17, 15) is 9.59 Å². The first-order chi connectivity index (χ1) is 17.8. The van der Waals surface area contributed by atoms with Crippen LogP contribution >= 0.6 is 11.6 Å². The molecule has 4 aromatic carbocycles. The van der Waals surface area contributed by atoms with Crippen LogP contribution in [0.25, 0.3) is 17.2 Å². The van der Waals surface area contributed by atoms with Crippen LogP contribution in [0, 0.1) is 0 Å². The molecule has 0 aliphatic carbocycles. The number of benzene rings is 4. The second kappa shape index (κ2) is 11.6. The van der Waals surface area contributed by atoms with Gasteiger partial charge in [-0.25, -0.2) is 4.79 Å². The third kappa shape index (κ3) is 6.46. The molecule has 0 spiro atoms. The lowest BCUT2D eigenvalue weighted by Gasteiger charge is -2.24. The van der Waals surface area contributed by atoms with Crippen molar-refractivity contribution in [1.82, 2.24) is 0 Å². The highest BCUT2D eigenvalue weighted by atomic mass is 35.5. The molecule has 4 aromatic rings. The first-order valence-electron chi connectivity index (χ1n) is 11.8. The van der Waals surface area contributed by atoms with E-state index >= 15 is 0 Å². The van der Waals surface area contributed by atoms with E-state index in [0.717, 1.165) is 28.5 Å². The summed E-state index contributed by atoms with van der Waals surface area (Å²) in [5.41, 5.74) is 5.81. The molecule has 0 saturated carbocycles. The molecule has 0 aliphatic heterocycles. The van der Waals surface area contributed by atoms with Crippen molar-refractivity contribution in [2.24, 2.45) is 0 Å². The monoisotopic (exact) mass is 510 g/mol. The van der Waals surface area contributed by atoms with Gasteiger partial charge in [0.15, 0.2) is 0 Å². The number of anilines is 2. The first kappa shape index (κ1) is 25.7. The summed E-state index contributed by atoms with van der Waals surface area (Å²) in [6, 6.07) is 30.3. The molecule has 0 saturated heterocycles. The average molecular weight is 511 g/mol. The van der Waals surface area contributed by atoms with E-state index in [4.69, 9.17) is 16.7 Å². The second-order valence-electron chi connectivity index (χ2n) is 8.77. The zero-order valence-corrected chi connectivity index (χ0v) is 21.4. The van der Waals surface area contributed by atoms with Crippen LogP contribution in [0.4, 0.5) is 11.4 Å². The van der Waals surface area contributed by atoms with Crippen molar-refractivity contribution in [2.45, 2.75) is 6.54 Å². The summed E-state index contributed by atoms with van der Waals surface area (Å²) in [5, 5.41) is 9.55. The molecule has 0 atom stereocenters. The van der Waals surface area contributed by atoms with E-state index < -0.39 is 5.97 Å². The van der Waals surface area contributed by atoms with Crippen molar-refractivity contribution < 1.29 is 14.7 Å². The van der Waals surface area contributed by atoms with E-state index in [2.05, 4.69) is 24.3 Å². The molecular formula is C31H27ClN2O3. The number of carboxylic acid groups (broad SMARTS) is 1. The van der Waals surface area contributed by atoms with Gasteiger partial charge >= 0.3 is 5.97 Å². The van der Waals surface area contributed by atoms with Crippen LogP contribution in [0.5, 0.6) is 0 Å². The number of halogens is 1. The third-order valence-electron chi connectivity index (χ3n) is 5.96. The van der Waals surface area contributed by atoms with Gasteiger partial charge in [0.2, 0.25) is 0 Å². The minimum atomic E-state index is -1.04. The lowest BCUT2D eigenvalue weighted by molar-refractivity contribution is -0.131. The fraction of sp³-hybridized carbons (Fsp3) is 0.0968. The Balaban J connectivity index is 1.67. The molecule has 0 radical (unpaired) electrons. The molecule has 0 unspecified atom stereocenters. The van der Waals surface area contributed by atoms with Crippen LogP contribution in [0.1, 0.15) is 21.5 Å². The molecule has 0 aromatic heterocycles. The van der Waals surface area contributed by atoms with Gasteiger partial charge in [-0.05, 0) is 70.8 Å². The second-order valence-corrected chi connectivity index (χ2v) is 9.18. The van der Waals surface area contributed by atoms with Crippen molar-refractivity contribution in [3.63, 3.8) is 0 Å². The SMILES string of the molecule is CN(C)c1ccc(-c2ccc(CN(C(=O)c3ccccc3)c3cccc(C=CC(=O)O)c3)c(Cl)c2)cc1. The van der Waals surface area contributed by atoms with E-state index in [1.807, 2.05) is 61.5 Å². The molecule has 0 bridgehead atoms.